The van der Waals surface area contributed by atoms with Gasteiger partial charge in [0.15, 0.2) is 0 Å². The predicted molar refractivity (Wildman–Crippen MR) is 83.0 cm³/mol. The van der Waals surface area contributed by atoms with Crippen molar-refractivity contribution in [3.63, 3.8) is 0 Å². The molecule has 0 saturated heterocycles. The lowest BCUT2D eigenvalue weighted by Crippen LogP contribution is -2.31. The van der Waals surface area contributed by atoms with Gasteiger partial charge < -0.3 is 4.74 Å². The Kier molecular flexibility index (Phi) is 4.68. The first-order chi connectivity index (χ1) is 9.81. The second-order valence-electron chi connectivity index (χ2n) is 5.83. The third kappa shape index (κ3) is 3.63. The molecule has 1 aromatic carbocycles. The molecule has 1 aliphatic rings. The molecule has 0 saturated carbocycles. The van der Waals surface area contributed by atoms with Gasteiger partial charge in [0.2, 0.25) is 15.9 Å². The van der Waals surface area contributed by atoms with Crippen LogP contribution in [0.3, 0.4) is 0 Å². The smallest absolute Gasteiger partial charge is 0.241 e. The fraction of sp³-hybridized carbons (Fsp3) is 0.533. The molecule has 2 rings (SSSR count). The van der Waals surface area contributed by atoms with Gasteiger partial charge in [-0.05, 0) is 31.9 Å². The number of nitrogens with one attached hydrogen (secondary N) is 1. The Bertz CT molecular complexity index is 636. The molecule has 1 N–H and O–H groups in total. The fourth-order valence-electron chi connectivity index (χ4n) is 2.13. The van der Waals surface area contributed by atoms with Gasteiger partial charge in [0.05, 0.1) is 16.5 Å². The second-order valence-corrected chi connectivity index (χ2v) is 7.51. The molecule has 0 aromatic heterocycles. The fourth-order valence-corrected chi connectivity index (χ4v) is 3.58. The molecule has 116 valence electrons. The Morgan fingerprint density at radius 3 is 2.48 bits per heavy atom. The lowest BCUT2D eigenvalue weighted by molar-refractivity contribution is 0.291. The van der Waals surface area contributed by atoms with Gasteiger partial charge in [-0.25, -0.2) is 18.1 Å². The van der Waals surface area contributed by atoms with Gasteiger partial charge in [0.1, 0.15) is 6.61 Å². The maximum atomic E-state index is 12.4. The highest BCUT2D eigenvalue weighted by Crippen LogP contribution is 2.22. The van der Waals surface area contributed by atoms with E-state index in [0.29, 0.717) is 24.0 Å². The highest BCUT2D eigenvalue weighted by atomic mass is 32.2. The largest absolute Gasteiger partial charge is 0.475 e. The second kappa shape index (κ2) is 6.15. The van der Waals surface area contributed by atoms with E-state index in [9.17, 15) is 8.42 Å². The van der Waals surface area contributed by atoms with E-state index in [1.807, 2.05) is 0 Å². The van der Waals surface area contributed by atoms with Crippen LogP contribution in [0.4, 0.5) is 0 Å². The van der Waals surface area contributed by atoms with Gasteiger partial charge in [-0.3, -0.25) is 0 Å². The van der Waals surface area contributed by atoms with Crippen LogP contribution in [-0.4, -0.2) is 33.0 Å². The van der Waals surface area contributed by atoms with Crippen LogP contribution in [0, 0.1) is 5.92 Å². The van der Waals surface area contributed by atoms with E-state index < -0.39 is 10.0 Å². The van der Waals surface area contributed by atoms with Crippen LogP contribution < -0.4 is 4.72 Å². The van der Waals surface area contributed by atoms with Gasteiger partial charge >= 0.3 is 0 Å². The summed E-state index contributed by atoms with van der Waals surface area (Å²) in [6.07, 6.45) is 0. The third-order valence-corrected chi connectivity index (χ3v) is 4.96. The van der Waals surface area contributed by atoms with Crippen LogP contribution in [0.5, 0.6) is 0 Å². The molecule has 1 heterocycles. The minimum atomic E-state index is -3.58. The van der Waals surface area contributed by atoms with Crippen molar-refractivity contribution in [2.24, 2.45) is 10.9 Å². The van der Waals surface area contributed by atoms with Crippen molar-refractivity contribution in [1.82, 2.24) is 4.72 Å². The Morgan fingerprint density at radius 2 is 1.90 bits per heavy atom. The summed E-state index contributed by atoms with van der Waals surface area (Å²) in [5.41, 5.74) is 0.522. The topological polar surface area (TPSA) is 67.8 Å². The highest BCUT2D eigenvalue weighted by molar-refractivity contribution is 7.89. The lowest BCUT2D eigenvalue weighted by Gasteiger charge is -2.13. The quantitative estimate of drug-likeness (QED) is 0.906. The third-order valence-electron chi connectivity index (χ3n) is 3.24. The number of hydrogen-bond acceptors (Lipinski definition) is 4. The molecule has 0 radical (unpaired) electrons. The van der Waals surface area contributed by atoms with E-state index in [4.69, 9.17) is 4.74 Å². The van der Waals surface area contributed by atoms with Crippen LogP contribution >= 0.6 is 0 Å². The van der Waals surface area contributed by atoms with E-state index in [-0.39, 0.29) is 17.0 Å². The molecular weight excluding hydrogens is 288 g/mol. The van der Waals surface area contributed by atoms with Crippen molar-refractivity contribution in [3.05, 3.63) is 29.8 Å². The average Bonchev–Trinajstić information content (AvgIpc) is 2.87. The SMILES string of the molecule is CC(C)NS(=O)(=O)c1ccccc1C1=N[C@@H](C(C)C)CO1. The van der Waals surface area contributed by atoms with Crippen LogP contribution in [-0.2, 0) is 14.8 Å². The van der Waals surface area contributed by atoms with Gasteiger partial charge in [-0.2, -0.15) is 0 Å². The Labute approximate surface area is 126 Å². The zero-order valence-electron chi connectivity index (χ0n) is 12.8. The predicted octanol–water partition coefficient (Wildman–Crippen LogP) is 2.17. The van der Waals surface area contributed by atoms with Crippen LogP contribution in [0.25, 0.3) is 0 Å². The maximum absolute atomic E-state index is 12.4. The van der Waals surface area contributed by atoms with E-state index in [0.717, 1.165) is 0 Å². The molecule has 6 heteroatoms. The Balaban J connectivity index is 2.41. The number of sulfonamides is 1. The molecule has 0 spiro atoms. The van der Waals surface area contributed by atoms with Crippen LogP contribution in [0.2, 0.25) is 0 Å². The molecule has 0 unspecified atom stereocenters. The summed E-state index contributed by atoms with van der Waals surface area (Å²) < 4.78 is 33.0. The summed E-state index contributed by atoms with van der Waals surface area (Å²) in [6.45, 7) is 8.23. The summed E-state index contributed by atoms with van der Waals surface area (Å²) in [5, 5.41) is 0. The molecule has 0 fully saturated rings. The average molecular weight is 310 g/mol. The maximum Gasteiger partial charge on any atom is 0.241 e. The monoisotopic (exact) mass is 310 g/mol. The first-order valence-corrected chi connectivity index (χ1v) is 8.62. The zero-order chi connectivity index (χ0) is 15.6. The van der Waals surface area contributed by atoms with E-state index in [1.54, 1.807) is 38.1 Å². The number of hydrogen-bond donors (Lipinski definition) is 1. The number of benzene rings is 1. The first kappa shape index (κ1) is 16.0. The van der Waals surface area contributed by atoms with Crippen molar-refractivity contribution in [2.45, 2.75) is 44.7 Å². The summed E-state index contributed by atoms with van der Waals surface area (Å²) >= 11 is 0. The molecule has 1 atom stereocenters. The van der Waals surface area contributed by atoms with Crippen LogP contribution in [0.1, 0.15) is 33.3 Å². The van der Waals surface area contributed by atoms with Crippen molar-refractivity contribution in [2.75, 3.05) is 6.61 Å². The number of ether oxygens (including phenoxy) is 1. The van der Waals surface area contributed by atoms with Crippen molar-refractivity contribution >= 4 is 15.9 Å². The molecule has 1 aliphatic heterocycles. The number of nitrogens with zero attached hydrogens (tertiary/aromatic N) is 1. The summed E-state index contributed by atoms with van der Waals surface area (Å²) in [4.78, 5) is 4.72. The highest BCUT2D eigenvalue weighted by Gasteiger charge is 2.27. The lowest BCUT2D eigenvalue weighted by atomic mass is 10.1. The normalized spacial score (nSPS) is 19.0. The first-order valence-electron chi connectivity index (χ1n) is 7.13. The van der Waals surface area contributed by atoms with Crippen molar-refractivity contribution < 1.29 is 13.2 Å². The summed E-state index contributed by atoms with van der Waals surface area (Å²) in [6, 6.07) is 6.71. The number of rotatable bonds is 5. The minimum absolute atomic E-state index is 0.0776. The molecule has 0 amide bonds. The van der Waals surface area contributed by atoms with Gasteiger partial charge in [-0.1, -0.05) is 26.0 Å². The van der Waals surface area contributed by atoms with Crippen molar-refractivity contribution in [1.29, 1.82) is 0 Å². The van der Waals surface area contributed by atoms with Gasteiger partial charge in [-0.15, -0.1) is 0 Å². The van der Waals surface area contributed by atoms with Crippen molar-refractivity contribution in [3.8, 4) is 0 Å². The number of aliphatic imine (C=N–C) groups is 1. The summed E-state index contributed by atoms with van der Waals surface area (Å²) in [5.74, 6) is 0.776. The Hall–Kier alpha value is -1.40. The Morgan fingerprint density at radius 1 is 1.24 bits per heavy atom. The molecule has 5 nitrogen and oxygen atoms in total. The van der Waals surface area contributed by atoms with Gasteiger partial charge in [0, 0.05) is 6.04 Å². The standard InChI is InChI=1S/C15H22N2O3S/c1-10(2)13-9-20-15(16-13)12-7-5-6-8-14(12)21(18,19)17-11(3)4/h5-8,10-11,13,17H,9H2,1-4H3/t13-/m1/s1. The van der Waals surface area contributed by atoms with Crippen LogP contribution in [0.15, 0.2) is 34.2 Å². The zero-order valence-corrected chi connectivity index (χ0v) is 13.6. The molecular formula is C15H22N2O3S. The van der Waals surface area contributed by atoms with Gasteiger partial charge in [0.25, 0.3) is 0 Å². The van der Waals surface area contributed by atoms with E-state index in [2.05, 4.69) is 23.6 Å². The summed E-state index contributed by atoms with van der Waals surface area (Å²) in [7, 11) is -3.58. The van der Waals surface area contributed by atoms with E-state index in [1.165, 1.54) is 0 Å². The minimum Gasteiger partial charge on any atom is -0.475 e. The molecule has 21 heavy (non-hydrogen) atoms. The molecule has 0 aliphatic carbocycles. The van der Waals surface area contributed by atoms with E-state index >= 15 is 0 Å². The molecule has 1 aromatic rings. The molecule has 0 bridgehead atoms.